The van der Waals surface area contributed by atoms with Gasteiger partial charge in [0.1, 0.15) is 0 Å². The molecule has 2 aromatic carbocycles. The molecule has 1 fully saturated rings. The van der Waals surface area contributed by atoms with Crippen LogP contribution in [0.4, 0.5) is 0 Å². The predicted octanol–water partition coefficient (Wildman–Crippen LogP) is 4.35. The van der Waals surface area contributed by atoms with Crippen LogP contribution in [-0.4, -0.2) is 10.7 Å². The quantitative estimate of drug-likeness (QED) is 0.812. The van der Waals surface area contributed by atoms with Crippen molar-refractivity contribution in [3.8, 4) is 11.1 Å². The first-order valence-corrected chi connectivity index (χ1v) is 7.62. The summed E-state index contributed by atoms with van der Waals surface area (Å²) >= 11 is 0. The van der Waals surface area contributed by atoms with Crippen LogP contribution in [0.2, 0.25) is 0 Å². The van der Waals surface area contributed by atoms with Crippen LogP contribution in [0.5, 0.6) is 0 Å². The van der Waals surface area contributed by atoms with E-state index in [2.05, 4.69) is 55.5 Å². The SMILES string of the molecule is C[C@H]1CCC[C@@]1(O)C1c2ccccc2-c2ccccc21. The molecule has 0 saturated heterocycles. The summed E-state index contributed by atoms with van der Waals surface area (Å²) in [6.45, 7) is 2.20. The van der Waals surface area contributed by atoms with Crippen LogP contribution in [0.15, 0.2) is 48.5 Å². The van der Waals surface area contributed by atoms with E-state index in [0.717, 1.165) is 19.3 Å². The first kappa shape index (κ1) is 12.2. The Kier molecular flexibility index (Phi) is 2.55. The third-order valence-electron chi connectivity index (χ3n) is 5.40. The summed E-state index contributed by atoms with van der Waals surface area (Å²) in [6.07, 6.45) is 3.19. The third-order valence-corrected chi connectivity index (χ3v) is 5.40. The standard InChI is InChI=1S/C19H20O/c1-13-7-6-12-19(13,20)18-16-10-4-2-8-14(16)15-9-3-5-11-17(15)18/h2-5,8-11,13,18,20H,6-7,12H2,1H3/t13-,19-/m0/s1. The van der Waals surface area contributed by atoms with Crippen LogP contribution >= 0.6 is 0 Å². The van der Waals surface area contributed by atoms with E-state index in [1.807, 2.05) is 0 Å². The Morgan fingerprint density at radius 3 is 2.00 bits per heavy atom. The number of fused-ring (bicyclic) bond motifs is 3. The molecule has 4 rings (SSSR count). The molecule has 1 nitrogen and oxygen atoms in total. The van der Waals surface area contributed by atoms with E-state index in [1.54, 1.807) is 0 Å². The molecule has 0 bridgehead atoms. The smallest absolute Gasteiger partial charge is 0.0782 e. The lowest BCUT2D eigenvalue weighted by molar-refractivity contribution is -0.00549. The molecular weight excluding hydrogens is 244 g/mol. The first-order chi connectivity index (χ1) is 9.72. The van der Waals surface area contributed by atoms with Crippen molar-refractivity contribution in [2.45, 2.75) is 37.7 Å². The van der Waals surface area contributed by atoms with Gasteiger partial charge in [0.05, 0.1) is 5.60 Å². The molecule has 1 heteroatoms. The fourth-order valence-corrected chi connectivity index (χ4v) is 4.31. The van der Waals surface area contributed by atoms with Gasteiger partial charge in [-0.25, -0.2) is 0 Å². The zero-order valence-corrected chi connectivity index (χ0v) is 11.8. The molecule has 2 aliphatic rings. The van der Waals surface area contributed by atoms with E-state index in [0.29, 0.717) is 5.92 Å². The Bertz CT molecular complexity index is 615. The molecule has 0 amide bonds. The highest BCUT2D eigenvalue weighted by atomic mass is 16.3. The van der Waals surface area contributed by atoms with Crippen molar-refractivity contribution in [3.05, 3.63) is 59.7 Å². The Morgan fingerprint density at radius 1 is 0.950 bits per heavy atom. The van der Waals surface area contributed by atoms with Gasteiger partial charge < -0.3 is 5.11 Å². The molecule has 0 aromatic heterocycles. The molecule has 1 N–H and O–H groups in total. The molecule has 0 unspecified atom stereocenters. The van der Waals surface area contributed by atoms with E-state index in [4.69, 9.17) is 0 Å². The van der Waals surface area contributed by atoms with E-state index in [-0.39, 0.29) is 5.92 Å². The van der Waals surface area contributed by atoms with Gasteiger partial charge in [-0.15, -0.1) is 0 Å². The average Bonchev–Trinajstić information content (AvgIpc) is 2.98. The lowest BCUT2D eigenvalue weighted by Crippen LogP contribution is -2.38. The summed E-state index contributed by atoms with van der Waals surface area (Å²) in [6, 6.07) is 17.2. The van der Waals surface area contributed by atoms with Gasteiger partial charge in [-0.05, 0) is 41.0 Å². The van der Waals surface area contributed by atoms with Gasteiger partial charge in [0.25, 0.3) is 0 Å². The summed E-state index contributed by atoms with van der Waals surface area (Å²) in [4.78, 5) is 0. The summed E-state index contributed by atoms with van der Waals surface area (Å²) in [5, 5.41) is 11.4. The number of aliphatic hydroxyl groups is 1. The molecule has 0 aliphatic heterocycles. The minimum atomic E-state index is -0.581. The zero-order chi connectivity index (χ0) is 13.7. The molecule has 2 aliphatic carbocycles. The lowest BCUT2D eigenvalue weighted by atomic mass is 9.75. The fraction of sp³-hybridized carbons (Fsp3) is 0.368. The number of hydrogen-bond donors (Lipinski definition) is 1. The Balaban J connectivity index is 1.96. The van der Waals surface area contributed by atoms with Crippen LogP contribution in [0.1, 0.15) is 43.2 Å². The largest absolute Gasteiger partial charge is 0.389 e. The molecule has 20 heavy (non-hydrogen) atoms. The van der Waals surface area contributed by atoms with Gasteiger partial charge in [0.2, 0.25) is 0 Å². The molecular formula is C19H20O. The van der Waals surface area contributed by atoms with Crippen LogP contribution in [0, 0.1) is 5.92 Å². The van der Waals surface area contributed by atoms with Crippen molar-refractivity contribution in [1.82, 2.24) is 0 Å². The summed E-state index contributed by atoms with van der Waals surface area (Å²) in [5.74, 6) is 0.513. The highest BCUT2D eigenvalue weighted by molar-refractivity contribution is 5.79. The second-order valence-corrected chi connectivity index (χ2v) is 6.39. The number of benzene rings is 2. The maximum absolute atomic E-state index is 11.4. The zero-order valence-electron chi connectivity index (χ0n) is 11.8. The molecule has 2 atom stereocenters. The normalized spacial score (nSPS) is 28.4. The van der Waals surface area contributed by atoms with Crippen molar-refractivity contribution in [3.63, 3.8) is 0 Å². The lowest BCUT2D eigenvalue weighted by Gasteiger charge is -2.35. The molecule has 1 saturated carbocycles. The number of hydrogen-bond acceptors (Lipinski definition) is 1. The highest BCUT2D eigenvalue weighted by Gasteiger charge is 2.49. The predicted molar refractivity (Wildman–Crippen MR) is 81.7 cm³/mol. The molecule has 2 aromatic rings. The molecule has 0 radical (unpaired) electrons. The molecule has 0 heterocycles. The maximum atomic E-state index is 11.4. The van der Waals surface area contributed by atoms with E-state index in [1.165, 1.54) is 22.3 Å². The van der Waals surface area contributed by atoms with E-state index < -0.39 is 5.60 Å². The summed E-state index contributed by atoms with van der Waals surface area (Å²) < 4.78 is 0. The van der Waals surface area contributed by atoms with Crippen LogP contribution in [0.3, 0.4) is 0 Å². The van der Waals surface area contributed by atoms with E-state index in [9.17, 15) is 5.11 Å². The minimum Gasteiger partial charge on any atom is -0.389 e. The number of rotatable bonds is 1. The van der Waals surface area contributed by atoms with Crippen molar-refractivity contribution >= 4 is 0 Å². The fourth-order valence-electron chi connectivity index (χ4n) is 4.31. The summed E-state index contributed by atoms with van der Waals surface area (Å²) in [5.41, 5.74) is 4.65. The van der Waals surface area contributed by atoms with Crippen molar-refractivity contribution in [2.75, 3.05) is 0 Å². The Morgan fingerprint density at radius 2 is 1.50 bits per heavy atom. The topological polar surface area (TPSA) is 20.2 Å². The Hall–Kier alpha value is -1.60. The van der Waals surface area contributed by atoms with E-state index >= 15 is 0 Å². The van der Waals surface area contributed by atoms with Crippen LogP contribution in [0.25, 0.3) is 11.1 Å². The van der Waals surface area contributed by atoms with Crippen LogP contribution < -0.4 is 0 Å². The minimum absolute atomic E-state index is 0.146. The first-order valence-electron chi connectivity index (χ1n) is 7.62. The van der Waals surface area contributed by atoms with Gasteiger partial charge in [-0.3, -0.25) is 0 Å². The van der Waals surface area contributed by atoms with Gasteiger partial charge >= 0.3 is 0 Å². The second-order valence-electron chi connectivity index (χ2n) is 6.39. The summed E-state index contributed by atoms with van der Waals surface area (Å²) in [7, 11) is 0. The molecule has 102 valence electrons. The van der Waals surface area contributed by atoms with Crippen molar-refractivity contribution < 1.29 is 5.11 Å². The second kappa shape index (κ2) is 4.20. The monoisotopic (exact) mass is 264 g/mol. The maximum Gasteiger partial charge on any atom is 0.0782 e. The van der Waals surface area contributed by atoms with Gasteiger partial charge in [0.15, 0.2) is 0 Å². The average molecular weight is 264 g/mol. The molecule has 0 spiro atoms. The van der Waals surface area contributed by atoms with Crippen molar-refractivity contribution in [2.24, 2.45) is 5.92 Å². The third kappa shape index (κ3) is 1.47. The van der Waals surface area contributed by atoms with Gasteiger partial charge in [-0.2, -0.15) is 0 Å². The van der Waals surface area contributed by atoms with Crippen LogP contribution in [-0.2, 0) is 0 Å². The van der Waals surface area contributed by atoms with Gasteiger partial charge in [0, 0.05) is 5.92 Å². The van der Waals surface area contributed by atoms with Crippen molar-refractivity contribution in [1.29, 1.82) is 0 Å². The van der Waals surface area contributed by atoms with Gasteiger partial charge in [-0.1, -0.05) is 61.9 Å². The highest BCUT2D eigenvalue weighted by Crippen LogP contribution is 2.55. The Labute approximate surface area is 120 Å².